The lowest BCUT2D eigenvalue weighted by atomic mass is 9.45. The largest absolute Gasteiger partial charge is 0.393 e. The molecule has 4 aliphatic carbocycles. The second-order valence-corrected chi connectivity index (χ2v) is 12.5. The Morgan fingerprint density at radius 2 is 1.65 bits per heavy atom. The zero-order valence-corrected chi connectivity index (χ0v) is 20.6. The highest BCUT2D eigenvalue weighted by Crippen LogP contribution is 2.67. The second kappa shape index (κ2) is 7.99. The molecule has 0 spiro atoms. The van der Waals surface area contributed by atoms with Crippen molar-refractivity contribution in [2.45, 2.75) is 104 Å². The number of allylic oxidation sites excluding steroid dienone is 3. The minimum absolute atomic E-state index is 0.271. The normalized spacial score (nSPS) is 49.4. The third-order valence-electron chi connectivity index (χ3n) is 10.7. The lowest BCUT2D eigenvalue weighted by Gasteiger charge is -2.62. The molecule has 3 fully saturated rings. The maximum atomic E-state index is 11.6. The Balaban J connectivity index is 1.61. The first-order valence-electron chi connectivity index (χ1n) is 12.9. The van der Waals surface area contributed by atoms with Crippen molar-refractivity contribution in [1.82, 2.24) is 0 Å². The van der Waals surface area contributed by atoms with Crippen LogP contribution in [0.3, 0.4) is 0 Å². The maximum Gasteiger partial charge on any atom is 0.102 e. The van der Waals surface area contributed by atoms with Gasteiger partial charge >= 0.3 is 0 Å². The molecule has 3 N–H and O–H groups in total. The van der Waals surface area contributed by atoms with Crippen LogP contribution in [-0.4, -0.2) is 33.1 Å². The molecule has 0 aliphatic heterocycles. The summed E-state index contributed by atoms with van der Waals surface area (Å²) < 4.78 is 0. The van der Waals surface area contributed by atoms with Crippen LogP contribution in [0.5, 0.6) is 0 Å². The van der Waals surface area contributed by atoms with E-state index >= 15 is 0 Å². The van der Waals surface area contributed by atoms with Crippen molar-refractivity contribution in [3.63, 3.8) is 0 Å². The molecule has 0 saturated heterocycles. The van der Waals surface area contributed by atoms with Gasteiger partial charge in [-0.2, -0.15) is 0 Å². The topological polar surface area (TPSA) is 60.7 Å². The molecule has 0 aromatic heterocycles. The van der Waals surface area contributed by atoms with Crippen molar-refractivity contribution in [1.29, 1.82) is 0 Å². The number of hydrogen-bond acceptors (Lipinski definition) is 3. The SMILES string of the molecule is CC(C)[C@@H](C)/C=C/[C@@H](C)C1CCC2C3=C[C@H](O)[C@@]4(O)C[C@@H](O)CC[C@]4(C)C3CC[C@@]21C. The van der Waals surface area contributed by atoms with Crippen LogP contribution in [0.15, 0.2) is 23.8 Å². The van der Waals surface area contributed by atoms with Crippen LogP contribution < -0.4 is 0 Å². The molecule has 10 atom stereocenters. The van der Waals surface area contributed by atoms with Crippen LogP contribution in [0.4, 0.5) is 0 Å². The monoisotopic (exact) mass is 430 g/mol. The van der Waals surface area contributed by atoms with Gasteiger partial charge in [-0.3, -0.25) is 0 Å². The Bertz CT molecular complexity index is 741. The van der Waals surface area contributed by atoms with Gasteiger partial charge < -0.3 is 15.3 Å². The van der Waals surface area contributed by atoms with Crippen LogP contribution >= 0.6 is 0 Å². The fraction of sp³-hybridized carbons (Fsp3) is 0.857. The summed E-state index contributed by atoms with van der Waals surface area (Å²) in [5.41, 5.74) is 0.160. The van der Waals surface area contributed by atoms with E-state index in [1.54, 1.807) is 0 Å². The van der Waals surface area contributed by atoms with E-state index in [1.165, 1.54) is 24.8 Å². The van der Waals surface area contributed by atoms with Crippen molar-refractivity contribution in [2.24, 2.45) is 46.3 Å². The van der Waals surface area contributed by atoms with Crippen LogP contribution in [-0.2, 0) is 0 Å². The number of hydrogen-bond donors (Lipinski definition) is 3. The van der Waals surface area contributed by atoms with E-state index in [0.717, 1.165) is 19.3 Å². The summed E-state index contributed by atoms with van der Waals surface area (Å²) in [5, 5.41) is 32.9. The molecule has 0 aromatic rings. The average Bonchev–Trinajstić information content (AvgIpc) is 3.05. The number of rotatable bonds is 4. The molecule has 3 heteroatoms. The summed E-state index contributed by atoms with van der Waals surface area (Å²) in [4.78, 5) is 0. The Morgan fingerprint density at radius 1 is 0.935 bits per heavy atom. The molecule has 4 aliphatic rings. The first-order chi connectivity index (χ1) is 14.4. The Hall–Kier alpha value is -0.640. The summed E-state index contributed by atoms with van der Waals surface area (Å²) in [6.45, 7) is 14.0. The number of aliphatic hydroxyl groups is 3. The highest BCUT2D eigenvalue weighted by Gasteiger charge is 2.64. The van der Waals surface area contributed by atoms with E-state index in [2.05, 4.69) is 53.7 Å². The molecule has 4 rings (SSSR count). The lowest BCUT2D eigenvalue weighted by Crippen LogP contribution is -2.65. The fourth-order valence-corrected chi connectivity index (χ4v) is 8.16. The number of aliphatic hydroxyl groups excluding tert-OH is 2. The Morgan fingerprint density at radius 3 is 2.32 bits per heavy atom. The molecule has 0 heterocycles. The summed E-state index contributed by atoms with van der Waals surface area (Å²) in [6, 6.07) is 0. The quantitative estimate of drug-likeness (QED) is 0.516. The van der Waals surface area contributed by atoms with Gasteiger partial charge in [-0.05, 0) is 79.4 Å². The molecule has 0 aromatic carbocycles. The average molecular weight is 431 g/mol. The van der Waals surface area contributed by atoms with Gasteiger partial charge in [0.2, 0.25) is 0 Å². The van der Waals surface area contributed by atoms with Crippen LogP contribution in [0.25, 0.3) is 0 Å². The number of fused-ring (bicyclic) bond motifs is 5. The maximum absolute atomic E-state index is 11.6. The van der Waals surface area contributed by atoms with Gasteiger partial charge in [0.15, 0.2) is 0 Å². The van der Waals surface area contributed by atoms with E-state index in [9.17, 15) is 15.3 Å². The van der Waals surface area contributed by atoms with E-state index in [4.69, 9.17) is 0 Å². The van der Waals surface area contributed by atoms with Gasteiger partial charge in [0.05, 0.1) is 6.10 Å². The zero-order valence-electron chi connectivity index (χ0n) is 20.6. The molecule has 3 nitrogen and oxygen atoms in total. The van der Waals surface area contributed by atoms with Crippen LogP contribution in [0, 0.1) is 46.3 Å². The van der Waals surface area contributed by atoms with Crippen molar-refractivity contribution in [3.8, 4) is 0 Å². The van der Waals surface area contributed by atoms with E-state index in [-0.39, 0.29) is 10.8 Å². The van der Waals surface area contributed by atoms with Crippen molar-refractivity contribution in [2.75, 3.05) is 0 Å². The predicted octanol–water partition coefficient (Wildman–Crippen LogP) is 5.50. The van der Waals surface area contributed by atoms with Gasteiger partial charge in [-0.15, -0.1) is 0 Å². The van der Waals surface area contributed by atoms with Crippen molar-refractivity contribution < 1.29 is 15.3 Å². The molecule has 176 valence electrons. The molecule has 0 amide bonds. The van der Waals surface area contributed by atoms with Crippen molar-refractivity contribution in [3.05, 3.63) is 23.8 Å². The summed E-state index contributed by atoms with van der Waals surface area (Å²) in [5.74, 6) is 3.37. The van der Waals surface area contributed by atoms with E-state index in [1.807, 2.05) is 6.08 Å². The smallest absolute Gasteiger partial charge is 0.102 e. The van der Waals surface area contributed by atoms with E-state index in [0.29, 0.717) is 41.9 Å². The van der Waals surface area contributed by atoms with Gasteiger partial charge in [-0.1, -0.05) is 65.3 Å². The molecule has 0 radical (unpaired) electrons. The molecule has 3 unspecified atom stereocenters. The van der Waals surface area contributed by atoms with Crippen LogP contribution in [0.2, 0.25) is 0 Å². The van der Waals surface area contributed by atoms with Gasteiger partial charge in [0, 0.05) is 11.8 Å². The predicted molar refractivity (Wildman–Crippen MR) is 126 cm³/mol. The molecule has 3 saturated carbocycles. The van der Waals surface area contributed by atoms with Gasteiger partial charge in [-0.25, -0.2) is 0 Å². The molecule has 0 bridgehead atoms. The first kappa shape index (κ1) is 23.5. The van der Waals surface area contributed by atoms with E-state index < -0.39 is 17.8 Å². The molecular formula is C28H46O3. The highest BCUT2D eigenvalue weighted by atomic mass is 16.3. The van der Waals surface area contributed by atoms with Gasteiger partial charge in [0.1, 0.15) is 11.7 Å². The zero-order chi connectivity index (χ0) is 22.8. The van der Waals surface area contributed by atoms with Crippen molar-refractivity contribution >= 4 is 0 Å². The Kier molecular flexibility index (Phi) is 6.06. The summed E-state index contributed by atoms with van der Waals surface area (Å²) >= 11 is 0. The lowest BCUT2D eigenvalue weighted by molar-refractivity contribution is -0.210. The molecule has 31 heavy (non-hydrogen) atoms. The fourth-order valence-electron chi connectivity index (χ4n) is 8.16. The molecular weight excluding hydrogens is 384 g/mol. The summed E-state index contributed by atoms with van der Waals surface area (Å²) in [6.07, 6.45) is 12.1. The van der Waals surface area contributed by atoms with Gasteiger partial charge in [0.25, 0.3) is 0 Å². The van der Waals surface area contributed by atoms with Crippen LogP contribution in [0.1, 0.15) is 86.5 Å². The first-order valence-corrected chi connectivity index (χ1v) is 12.9. The minimum atomic E-state index is -1.20. The second-order valence-electron chi connectivity index (χ2n) is 12.5. The third kappa shape index (κ3) is 3.49. The minimum Gasteiger partial charge on any atom is -0.393 e. The highest BCUT2D eigenvalue weighted by molar-refractivity contribution is 5.33. The Labute approximate surface area is 190 Å². The standard InChI is InChI=1S/C28H46O3/c1-17(2)18(3)7-8-19(4)22-9-10-23-21-15-25(30)28(31)16-20(29)11-14-27(28,6)24(21)12-13-26(22,23)5/h7-8,15,17-20,22-25,29-31H,9-14,16H2,1-6H3/b8-7+/t18-,19+,20-,22?,23?,24?,25-,26+,27+,28-/m0/s1. The third-order valence-corrected chi connectivity index (χ3v) is 10.7. The summed E-state index contributed by atoms with van der Waals surface area (Å²) in [7, 11) is 0.